The molecule has 0 aliphatic rings. The Hall–Kier alpha value is -3.60. The van der Waals surface area contributed by atoms with Crippen molar-refractivity contribution < 1.29 is 13.9 Å². The molecule has 32 heavy (non-hydrogen) atoms. The van der Waals surface area contributed by atoms with E-state index < -0.39 is 5.97 Å². The third-order valence-electron chi connectivity index (χ3n) is 4.47. The zero-order valence-electron chi connectivity index (χ0n) is 16.7. The van der Waals surface area contributed by atoms with Crippen LogP contribution in [0.4, 0.5) is 0 Å². The normalized spacial score (nSPS) is 10.5. The maximum absolute atomic E-state index is 12.7. The molecule has 0 radical (unpaired) electrons. The van der Waals surface area contributed by atoms with Crippen LogP contribution in [-0.2, 0) is 17.1 Å². The highest BCUT2D eigenvalue weighted by Gasteiger charge is 2.16. The number of hydrogen-bond donors (Lipinski definition) is 0. The van der Waals surface area contributed by atoms with Gasteiger partial charge in [-0.25, -0.2) is 4.79 Å². The van der Waals surface area contributed by atoms with Crippen molar-refractivity contribution in [2.24, 2.45) is 0 Å². The highest BCUT2D eigenvalue weighted by molar-refractivity contribution is 7.98. The Kier molecular flexibility index (Phi) is 6.85. The van der Waals surface area contributed by atoms with E-state index in [1.54, 1.807) is 48.5 Å². The molecule has 1 heterocycles. The minimum Gasteiger partial charge on any atom is -0.452 e. The van der Waals surface area contributed by atoms with Crippen LogP contribution in [0.5, 0.6) is 0 Å². The lowest BCUT2D eigenvalue weighted by Gasteiger charge is -2.08. The summed E-state index contributed by atoms with van der Waals surface area (Å²) in [6.07, 6.45) is 0. The molecule has 8 heteroatoms. The summed E-state index contributed by atoms with van der Waals surface area (Å²) in [5, 5.41) is 17.4. The third kappa shape index (κ3) is 5.35. The fourth-order valence-electron chi connectivity index (χ4n) is 2.82. The van der Waals surface area contributed by atoms with Crippen LogP contribution < -0.4 is 0 Å². The fourth-order valence-corrected chi connectivity index (χ4v) is 3.95. The lowest BCUT2D eigenvalue weighted by atomic mass is 10.2. The Morgan fingerprint density at radius 2 is 1.78 bits per heavy atom. The van der Waals surface area contributed by atoms with Gasteiger partial charge in [0.05, 0.1) is 17.2 Å². The van der Waals surface area contributed by atoms with Gasteiger partial charge in [-0.1, -0.05) is 35.9 Å². The number of esters is 1. The molecule has 1 aromatic heterocycles. The number of ether oxygens (including phenoxy) is 1. The largest absolute Gasteiger partial charge is 0.452 e. The van der Waals surface area contributed by atoms with Crippen LogP contribution in [0.2, 0.25) is 5.02 Å². The minimum atomic E-state index is -0.473. The molecule has 0 saturated carbocycles. The summed E-state index contributed by atoms with van der Waals surface area (Å²) >= 11 is 7.41. The lowest BCUT2D eigenvalue weighted by molar-refractivity contribution is 0.0434. The van der Waals surface area contributed by atoms with Gasteiger partial charge in [-0.15, -0.1) is 22.0 Å². The van der Waals surface area contributed by atoms with Gasteiger partial charge in [-0.2, -0.15) is 5.26 Å². The molecule has 0 saturated heterocycles. The molecule has 0 atom stereocenters. The van der Waals surface area contributed by atoms with Gasteiger partial charge in [0.25, 0.3) is 5.89 Å². The van der Waals surface area contributed by atoms with Gasteiger partial charge >= 0.3 is 5.97 Å². The number of carbonyl (C=O) groups excluding carboxylic acids is 1. The highest BCUT2D eigenvalue weighted by Crippen LogP contribution is 2.27. The van der Waals surface area contributed by atoms with Gasteiger partial charge in [0, 0.05) is 21.2 Å². The first-order valence-electron chi connectivity index (χ1n) is 9.58. The molecule has 4 rings (SSSR count). The summed E-state index contributed by atoms with van der Waals surface area (Å²) in [4.78, 5) is 13.5. The fraction of sp³-hybridized carbons (Fsp3) is 0.0833. The Bertz CT molecular complexity index is 1260. The monoisotopic (exact) mass is 461 g/mol. The van der Waals surface area contributed by atoms with Crippen LogP contribution in [0.3, 0.4) is 0 Å². The van der Waals surface area contributed by atoms with Crippen LogP contribution >= 0.6 is 23.4 Å². The molecule has 0 amide bonds. The summed E-state index contributed by atoms with van der Waals surface area (Å²) in [6, 6.07) is 23.7. The van der Waals surface area contributed by atoms with Gasteiger partial charge in [0.15, 0.2) is 6.61 Å². The molecular weight excluding hydrogens is 446 g/mol. The maximum atomic E-state index is 12.7. The van der Waals surface area contributed by atoms with E-state index in [0.29, 0.717) is 27.8 Å². The van der Waals surface area contributed by atoms with Crippen molar-refractivity contribution in [2.75, 3.05) is 0 Å². The van der Waals surface area contributed by atoms with Gasteiger partial charge < -0.3 is 9.15 Å². The average Bonchev–Trinajstić information content (AvgIpc) is 3.31. The van der Waals surface area contributed by atoms with Crippen molar-refractivity contribution in [3.05, 3.63) is 100 Å². The predicted molar refractivity (Wildman–Crippen MR) is 121 cm³/mol. The number of nitrogens with zero attached hydrogens (tertiary/aromatic N) is 3. The second-order valence-corrected chi connectivity index (χ2v) is 8.13. The van der Waals surface area contributed by atoms with Crippen molar-refractivity contribution in [3.63, 3.8) is 0 Å². The zero-order valence-corrected chi connectivity index (χ0v) is 18.3. The standard InChI is InChI=1S/C24H16ClN3O3S/c25-19-11-9-18(10-12-19)23-28-27-22(31-23)14-30-24(29)20-3-1-2-4-21(20)32-15-17-7-5-16(13-26)6-8-17/h1-12H,14-15H2. The summed E-state index contributed by atoms with van der Waals surface area (Å²) in [6.45, 7) is -0.131. The maximum Gasteiger partial charge on any atom is 0.339 e. The molecule has 0 N–H and O–H groups in total. The zero-order chi connectivity index (χ0) is 22.3. The number of benzene rings is 3. The van der Waals surface area contributed by atoms with E-state index in [2.05, 4.69) is 16.3 Å². The topological polar surface area (TPSA) is 89.0 Å². The summed E-state index contributed by atoms with van der Waals surface area (Å²) < 4.78 is 11.0. The van der Waals surface area contributed by atoms with Crippen LogP contribution in [0.1, 0.15) is 27.4 Å². The van der Waals surface area contributed by atoms with Gasteiger partial charge in [-0.05, 0) is 54.1 Å². The quantitative estimate of drug-likeness (QED) is 0.249. The molecule has 0 unspecified atom stereocenters. The molecule has 0 spiro atoms. The van der Waals surface area contributed by atoms with Crippen LogP contribution in [0.15, 0.2) is 82.1 Å². The van der Waals surface area contributed by atoms with Gasteiger partial charge in [0.1, 0.15) is 0 Å². The Balaban J connectivity index is 1.38. The van der Waals surface area contributed by atoms with Gasteiger partial charge in [-0.3, -0.25) is 0 Å². The lowest BCUT2D eigenvalue weighted by Crippen LogP contribution is -2.07. The van der Waals surface area contributed by atoms with Crippen LogP contribution in [-0.4, -0.2) is 16.2 Å². The van der Waals surface area contributed by atoms with Crippen molar-refractivity contribution in [1.29, 1.82) is 5.26 Å². The van der Waals surface area contributed by atoms with E-state index in [4.69, 9.17) is 26.0 Å². The summed E-state index contributed by atoms with van der Waals surface area (Å²) in [5.74, 6) is 0.709. The molecule has 6 nitrogen and oxygen atoms in total. The van der Waals surface area contributed by atoms with E-state index in [1.807, 2.05) is 24.3 Å². The predicted octanol–water partition coefficient (Wildman–Crippen LogP) is 5.91. The van der Waals surface area contributed by atoms with Crippen molar-refractivity contribution >= 4 is 29.3 Å². The first-order valence-corrected chi connectivity index (χ1v) is 10.9. The number of aromatic nitrogens is 2. The van der Waals surface area contributed by atoms with Crippen molar-refractivity contribution in [1.82, 2.24) is 10.2 Å². The van der Waals surface area contributed by atoms with E-state index in [-0.39, 0.29) is 12.5 Å². The number of carbonyl (C=O) groups is 1. The smallest absolute Gasteiger partial charge is 0.339 e. The van der Waals surface area contributed by atoms with Crippen molar-refractivity contribution in [3.8, 4) is 17.5 Å². The molecule has 4 aromatic rings. The second-order valence-electron chi connectivity index (χ2n) is 6.68. The number of halogens is 1. The molecular formula is C24H16ClN3O3S. The minimum absolute atomic E-state index is 0.131. The molecule has 3 aromatic carbocycles. The number of rotatable bonds is 7. The van der Waals surface area contributed by atoms with Crippen molar-refractivity contribution in [2.45, 2.75) is 17.3 Å². The summed E-state index contributed by atoms with van der Waals surface area (Å²) in [7, 11) is 0. The van der Waals surface area contributed by atoms with E-state index in [0.717, 1.165) is 16.0 Å². The van der Waals surface area contributed by atoms with Gasteiger partial charge in [0.2, 0.25) is 5.89 Å². The molecule has 158 valence electrons. The number of nitriles is 1. The number of thioether (sulfide) groups is 1. The molecule has 0 aliphatic heterocycles. The van der Waals surface area contributed by atoms with E-state index in [1.165, 1.54) is 11.8 Å². The average molecular weight is 462 g/mol. The van der Waals surface area contributed by atoms with Crippen LogP contribution in [0, 0.1) is 11.3 Å². The summed E-state index contributed by atoms with van der Waals surface area (Å²) in [5.41, 5.74) is 2.85. The van der Waals surface area contributed by atoms with Crippen LogP contribution in [0.25, 0.3) is 11.5 Å². The van der Waals surface area contributed by atoms with E-state index >= 15 is 0 Å². The first kappa shape index (κ1) is 21.6. The Morgan fingerprint density at radius 1 is 1.03 bits per heavy atom. The Labute approximate surface area is 193 Å². The Morgan fingerprint density at radius 3 is 2.53 bits per heavy atom. The number of hydrogen-bond acceptors (Lipinski definition) is 7. The molecule has 0 aliphatic carbocycles. The highest BCUT2D eigenvalue weighted by atomic mass is 35.5. The third-order valence-corrected chi connectivity index (χ3v) is 5.87. The van der Waals surface area contributed by atoms with E-state index in [9.17, 15) is 4.79 Å². The SMILES string of the molecule is N#Cc1ccc(CSc2ccccc2C(=O)OCc2nnc(-c3ccc(Cl)cc3)o2)cc1. The first-order chi connectivity index (χ1) is 15.6. The second kappa shape index (κ2) is 10.1. The molecule has 0 bridgehead atoms. The molecule has 0 fully saturated rings.